The second-order valence-corrected chi connectivity index (χ2v) is 4.69. The number of hydrogen-bond acceptors (Lipinski definition) is 4. The minimum Gasteiger partial charge on any atom is -0.465 e. The van der Waals surface area contributed by atoms with E-state index in [1.807, 2.05) is 6.92 Å². The van der Waals surface area contributed by atoms with Crippen molar-refractivity contribution in [3.05, 3.63) is 0 Å². The van der Waals surface area contributed by atoms with E-state index in [0.717, 1.165) is 0 Å². The molecule has 1 aliphatic heterocycles. The van der Waals surface area contributed by atoms with E-state index in [-0.39, 0.29) is 18.1 Å². The zero-order valence-corrected chi connectivity index (χ0v) is 8.73. The maximum Gasteiger partial charge on any atom is 0.324 e. The summed E-state index contributed by atoms with van der Waals surface area (Å²) in [6.07, 6.45) is 0. The number of esters is 1. The molecule has 1 fully saturated rings. The molecule has 1 N–H and O–H groups in total. The van der Waals surface area contributed by atoms with Gasteiger partial charge >= 0.3 is 5.97 Å². The van der Waals surface area contributed by atoms with Crippen molar-refractivity contribution in [1.82, 2.24) is 5.32 Å². The molecule has 0 aromatic rings. The van der Waals surface area contributed by atoms with Gasteiger partial charge in [0.25, 0.3) is 0 Å². The van der Waals surface area contributed by atoms with Gasteiger partial charge in [-0.1, -0.05) is 0 Å². The quantitative estimate of drug-likeness (QED) is 0.627. The average Bonchev–Trinajstić information content (AvgIpc) is 2.03. The average molecular weight is 205 g/mol. The molecule has 13 heavy (non-hydrogen) atoms. The van der Waals surface area contributed by atoms with Crippen LogP contribution in [0.4, 0.5) is 0 Å². The van der Waals surface area contributed by atoms with Gasteiger partial charge in [-0.25, -0.2) is 0 Å². The van der Waals surface area contributed by atoms with Gasteiger partial charge in [0, 0.05) is 28.3 Å². The molecule has 1 rings (SSSR count). The van der Waals surface area contributed by atoms with Crippen LogP contribution in [0.5, 0.6) is 0 Å². The van der Waals surface area contributed by atoms with Gasteiger partial charge < -0.3 is 10.1 Å². The number of rotatable bonds is 2. The Kier molecular flexibility index (Phi) is 3.87. The van der Waals surface area contributed by atoms with E-state index >= 15 is 0 Å². The SMILES string of the molecule is CCOC(=O)C1CS(=O)CC(C)N1. The molecule has 0 amide bonds. The summed E-state index contributed by atoms with van der Waals surface area (Å²) in [5.41, 5.74) is 0. The standard InChI is InChI=1S/C8H15NO3S/c1-3-12-8(10)7-5-13(11)4-6(2)9-7/h6-7,9H,3-5H2,1-2H3. The van der Waals surface area contributed by atoms with E-state index in [9.17, 15) is 9.00 Å². The summed E-state index contributed by atoms with van der Waals surface area (Å²) >= 11 is 0. The molecule has 0 aromatic heterocycles. The molecule has 0 bridgehead atoms. The highest BCUT2D eigenvalue weighted by Gasteiger charge is 2.29. The smallest absolute Gasteiger partial charge is 0.324 e. The lowest BCUT2D eigenvalue weighted by atomic mass is 10.3. The normalized spacial score (nSPS) is 34.2. The fourth-order valence-corrected chi connectivity index (χ4v) is 2.75. The van der Waals surface area contributed by atoms with Crippen LogP contribution in [-0.4, -0.2) is 40.4 Å². The van der Waals surface area contributed by atoms with Crippen molar-refractivity contribution in [2.45, 2.75) is 25.9 Å². The molecule has 1 aliphatic rings. The molecule has 1 heterocycles. The zero-order chi connectivity index (χ0) is 9.84. The third-order valence-corrected chi connectivity index (χ3v) is 3.42. The van der Waals surface area contributed by atoms with Crippen molar-refractivity contribution in [3.8, 4) is 0 Å². The van der Waals surface area contributed by atoms with Crippen LogP contribution in [0.1, 0.15) is 13.8 Å². The maximum atomic E-state index is 11.3. The van der Waals surface area contributed by atoms with Crippen LogP contribution in [0.2, 0.25) is 0 Å². The summed E-state index contributed by atoms with van der Waals surface area (Å²) in [4.78, 5) is 11.3. The van der Waals surface area contributed by atoms with Gasteiger partial charge in [0.05, 0.1) is 6.61 Å². The third kappa shape index (κ3) is 3.08. The van der Waals surface area contributed by atoms with Gasteiger partial charge in [0.1, 0.15) is 6.04 Å². The molecule has 0 radical (unpaired) electrons. The highest BCUT2D eigenvalue weighted by atomic mass is 32.2. The lowest BCUT2D eigenvalue weighted by molar-refractivity contribution is -0.145. The lowest BCUT2D eigenvalue weighted by Crippen LogP contribution is -2.52. The second-order valence-electron chi connectivity index (χ2n) is 3.15. The molecule has 3 atom stereocenters. The molecule has 0 aromatic carbocycles. The number of carbonyl (C=O) groups is 1. The predicted molar refractivity (Wildman–Crippen MR) is 50.9 cm³/mol. The van der Waals surface area contributed by atoms with E-state index in [1.54, 1.807) is 6.92 Å². The largest absolute Gasteiger partial charge is 0.465 e. The Morgan fingerprint density at radius 2 is 2.31 bits per heavy atom. The van der Waals surface area contributed by atoms with Crippen molar-refractivity contribution >= 4 is 16.8 Å². The maximum absolute atomic E-state index is 11.3. The van der Waals surface area contributed by atoms with Crippen molar-refractivity contribution in [2.75, 3.05) is 18.1 Å². The molecular formula is C8H15NO3S. The van der Waals surface area contributed by atoms with Gasteiger partial charge in [0.2, 0.25) is 0 Å². The van der Waals surface area contributed by atoms with Crippen LogP contribution in [-0.2, 0) is 20.3 Å². The van der Waals surface area contributed by atoms with Crippen LogP contribution in [0.15, 0.2) is 0 Å². The summed E-state index contributed by atoms with van der Waals surface area (Å²) < 4.78 is 16.1. The van der Waals surface area contributed by atoms with Crippen LogP contribution in [0.25, 0.3) is 0 Å². The van der Waals surface area contributed by atoms with Crippen LogP contribution in [0, 0.1) is 0 Å². The minimum absolute atomic E-state index is 0.129. The Balaban J connectivity index is 2.49. The molecule has 4 nitrogen and oxygen atoms in total. The van der Waals surface area contributed by atoms with Crippen molar-refractivity contribution < 1.29 is 13.7 Å². The van der Waals surface area contributed by atoms with Gasteiger partial charge in [0.15, 0.2) is 0 Å². The Morgan fingerprint density at radius 3 is 2.85 bits per heavy atom. The molecule has 1 saturated heterocycles. The first-order valence-electron chi connectivity index (χ1n) is 4.41. The van der Waals surface area contributed by atoms with E-state index in [4.69, 9.17) is 4.74 Å². The van der Waals surface area contributed by atoms with Crippen molar-refractivity contribution in [1.29, 1.82) is 0 Å². The first-order chi connectivity index (χ1) is 6.13. The summed E-state index contributed by atoms with van der Waals surface area (Å²) in [7, 11) is -0.888. The summed E-state index contributed by atoms with van der Waals surface area (Å²) in [6.45, 7) is 4.06. The number of ether oxygens (including phenoxy) is 1. The topological polar surface area (TPSA) is 55.4 Å². The monoisotopic (exact) mass is 205 g/mol. The summed E-state index contributed by atoms with van der Waals surface area (Å²) in [5, 5.41) is 3.06. The molecule has 0 spiro atoms. The zero-order valence-electron chi connectivity index (χ0n) is 7.91. The first kappa shape index (κ1) is 10.7. The molecular weight excluding hydrogens is 190 g/mol. The highest BCUT2D eigenvalue weighted by molar-refractivity contribution is 7.85. The van der Waals surface area contributed by atoms with Gasteiger partial charge in [-0.2, -0.15) is 0 Å². The molecule has 3 unspecified atom stereocenters. The van der Waals surface area contributed by atoms with Gasteiger partial charge in [-0.05, 0) is 13.8 Å². The van der Waals surface area contributed by atoms with E-state index in [0.29, 0.717) is 18.1 Å². The fraction of sp³-hybridized carbons (Fsp3) is 0.875. The summed E-state index contributed by atoms with van der Waals surface area (Å²) in [5.74, 6) is 0.710. The van der Waals surface area contributed by atoms with Crippen molar-refractivity contribution in [3.63, 3.8) is 0 Å². The van der Waals surface area contributed by atoms with E-state index < -0.39 is 10.8 Å². The minimum atomic E-state index is -0.888. The number of hydrogen-bond donors (Lipinski definition) is 1. The van der Waals surface area contributed by atoms with Gasteiger partial charge in [-0.15, -0.1) is 0 Å². The van der Waals surface area contributed by atoms with Crippen molar-refractivity contribution in [2.24, 2.45) is 0 Å². The van der Waals surface area contributed by atoms with Crippen LogP contribution >= 0.6 is 0 Å². The molecule has 5 heteroatoms. The third-order valence-electron chi connectivity index (χ3n) is 1.85. The van der Waals surface area contributed by atoms with Crippen LogP contribution < -0.4 is 5.32 Å². The molecule has 0 aliphatic carbocycles. The Bertz CT molecular complexity index is 219. The predicted octanol–water partition coefficient (Wildman–Crippen LogP) is -0.341. The Morgan fingerprint density at radius 1 is 1.62 bits per heavy atom. The van der Waals surface area contributed by atoms with E-state index in [1.165, 1.54) is 0 Å². The number of nitrogens with one attached hydrogen (secondary N) is 1. The molecule has 76 valence electrons. The second kappa shape index (κ2) is 4.72. The highest BCUT2D eigenvalue weighted by Crippen LogP contribution is 2.04. The summed E-state index contributed by atoms with van der Waals surface area (Å²) in [6, 6.07) is -0.256. The van der Waals surface area contributed by atoms with Crippen LogP contribution in [0.3, 0.4) is 0 Å². The lowest BCUT2D eigenvalue weighted by Gasteiger charge is -2.26. The number of carbonyl (C=O) groups excluding carboxylic acids is 1. The van der Waals surface area contributed by atoms with E-state index in [2.05, 4.69) is 5.32 Å². The Hall–Kier alpha value is -0.420. The fourth-order valence-electron chi connectivity index (χ4n) is 1.35. The Labute approximate surface area is 80.5 Å². The molecule has 0 saturated carbocycles. The first-order valence-corrected chi connectivity index (χ1v) is 5.90. The van der Waals surface area contributed by atoms with Gasteiger partial charge in [-0.3, -0.25) is 9.00 Å².